The van der Waals surface area contributed by atoms with Gasteiger partial charge in [0.15, 0.2) is 0 Å². The molecule has 2 nitrogen and oxygen atoms in total. The van der Waals surface area contributed by atoms with Crippen molar-refractivity contribution in [3.63, 3.8) is 0 Å². The summed E-state index contributed by atoms with van der Waals surface area (Å²) in [5.41, 5.74) is 8.98. The lowest BCUT2D eigenvalue weighted by Crippen LogP contribution is -1.82. The first-order chi connectivity index (χ1) is 6.68. The second kappa shape index (κ2) is 3.71. The van der Waals surface area contributed by atoms with Crippen molar-refractivity contribution in [1.82, 2.24) is 4.37 Å². The van der Waals surface area contributed by atoms with E-state index in [-0.39, 0.29) is 0 Å². The molecule has 0 amide bonds. The molecule has 0 spiro atoms. The van der Waals surface area contributed by atoms with Crippen molar-refractivity contribution >= 4 is 32.5 Å². The van der Waals surface area contributed by atoms with E-state index in [9.17, 15) is 0 Å². The maximum atomic E-state index is 5.73. The minimum atomic E-state index is 0.724. The molecule has 0 bridgehead atoms. The fourth-order valence-electron chi connectivity index (χ4n) is 1.26. The minimum absolute atomic E-state index is 0.724. The third-order valence-corrected chi connectivity index (χ3v) is 3.69. The monoisotopic (exact) mass is 268 g/mol. The van der Waals surface area contributed by atoms with Crippen LogP contribution in [0, 0.1) is 6.92 Å². The van der Waals surface area contributed by atoms with Gasteiger partial charge < -0.3 is 5.73 Å². The van der Waals surface area contributed by atoms with Gasteiger partial charge in [0.05, 0.1) is 4.47 Å². The molecule has 2 aromatic rings. The van der Waals surface area contributed by atoms with Gasteiger partial charge in [0.1, 0.15) is 10.7 Å². The highest BCUT2D eigenvalue weighted by molar-refractivity contribution is 9.10. The number of hydrogen-bond acceptors (Lipinski definition) is 3. The number of nitrogen functional groups attached to an aromatic ring is 1. The van der Waals surface area contributed by atoms with Crippen molar-refractivity contribution in [2.45, 2.75) is 6.92 Å². The molecule has 14 heavy (non-hydrogen) atoms. The third-order valence-electron chi connectivity index (χ3n) is 1.95. The van der Waals surface area contributed by atoms with Crippen molar-refractivity contribution in [2.24, 2.45) is 0 Å². The number of hydrogen-bond donors (Lipinski definition) is 1. The minimum Gasteiger partial charge on any atom is -0.388 e. The first-order valence-corrected chi connectivity index (χ1v) is 5.73. The smallest absolute Gasteiger partial charge is 0.121 e. The molecule has 0 saturated heterocycles. The summed E-state index contributed by atoms with van der Waals surface area (Å²) in [7, 11) is 0. The Morgan fingerprint density at radius 2 is 2.21 bits per heavy atom. The molecule has 0 radical (unpaired) electrons. The van der Waals surface area contributed by atoms with Gasteiger partial charge in [-0.15, -0.1) is 0 Å². The second-order valence-electron chi connectivity index (χ2n) is 3.08. The first kappa shape index (κ1) is 9.68. The molecule has 1 aromatic heterocycles. The summed E-state index contributed by atoms with van der Waals surface area (Å²) in [6.07, 6.45) is 0. The molecule has 0 unspecified atom stereocenters. The molecule has 0 aliphatic rings. The quantitative estimate of drug-likeness (QED) is 0.861. The molecule has 0 atom stereocenters. The van der Waals surface area contributed by atoms with Gasteiger partial charge in [0.25, 0.3) is 0 Å². The van der Waals surface area contributed by atoms with Crippen LogP contribution in [0.15, 0.2) is 28.7 Å². The van der Waals surface area contributed by atoms with Crippen LogP contribution in [0.3, 0.4) is 0 Å². The van der Waals surface area contributed by atoms with E-state index in [1.54, 1.807) is 0 Å². The molecule has 4 heteroatoms. The number of nitrogens with two attached hydrogens (primary N) is 1. The normalized spacial score (nSPS) is 10.4. The van der Waals surface area contributed by atoms with Gasteiger partial charge >= 0.3 is 0 Å². The van der Waals surface area contributed by atoms with Gasteiger partial charge in [-0.25, -0.2) is 0 Å². The summed E-state index contributed by atoms with van der Waals surface area (Å²) in [4.78, 5) is 0. The Balaban J connectivity index is 2.55. The Morgan fingerprint density at radius 1 is 1.43 bits per heavy atom. The SMILES string of the molecule is Cc1cccc(-c2nsc(N)c2Br)c1. The Labute approximate surface area is 95.1 Å². The molecule has 0 aliphatic heterocycles. The largest absolute Gasteiger partial charge is 0.388 e. The number of rotatable bonds is 1. The third kappa shape index (κ3) is 1.67. The lowest BCUT2D eigenvalue weighted by Gasteiger charge is -1.99. The van der Waals surface area contributed by atoms with Gasteiger partial charge in [0.2, 0.25) is 0 Å². The summed E-state index contributed by atoms with van der Waals surface area (Å²) in [5.74, 6) is 0. The molecular weight excluding hydrogens is 260 g/mol. The average molecular weight is 269 g/mol. The molecule has 1 aromatic carbocycles. The molecule has 0 aliphatic carbocycles. The number of aryl methyl sites for hydroxylation is 1. The van der Waals surface area contributed by atoms with Crippen LogP contribution in [0.1, 0.15) is 5.56 Å². The van der Waals surface area contributed by atoms with E-state index in [4.69, 9.17) is 5.73 Å². The standard InChI is InChI=1S/C10H9BrN2S/c1-6-3-2-4-7(5-6)9-8(11)10(12)14-13-9/h2-5H,12H2,1H3. The highest BCUT2D eigenvalue weighted by Crippen LogP contribution is 2.34. The summed E-state index contributed by atoms with van der Waals surface area (Å²) in [6.45, 7) is 2.06. The summed E-state index contributed by atoms with van der Waals surface area (Å²) in [5, 5.41) is 0.724. The van der Waals surface area contributed by atoms with Gasteiger partial charge in [-0.3, -0.25) is 0 Å². The Kier molecular flexibility index (Phi) is 2.56. The van der Waals surface area contributed by atoms with Crippen LogP contribution in [-0.4, -0.2) is 4.37 Å². The molecule has 1 heterocycles. The van der Waals surface area contributed by atoms with Crippen molar-refractivity contribution < 1.29 is 0 Å². The van der Waals surface area contributed by atoms with Gasteiger partial charge in [0, 0.05) is 5.56 Å². The van der Waals surface area contributed by atoms with Crippen molar-refractivity contribution in [3.8, 4) is 11.3 Å². The van der Waals surface area contributed by atoms with Gasteiger partial charge in [-0.2, -0.15) is 4.37 Å². The van der Waals surface area contributed by atoms with Crippen molar-refractivity contribution in [3.05, 3.63) is 34.3 Å². The molecule has 2 rings (SSSR count). The summed E-state index contributed by atoms with van der Waals surface area (Å²) in [6, 6.07) is 8.21. The number of nitrogens with zero attached hydrogens (tertiary/aromatic N) is 1. The van der Waals surface area contributed by atoms with E-state index in [0.717, 1.165) is 20.7 Å². The maximum absolute atomic E-state index is 5.73. The van der Waals surface area contributed by atoms with Crippen molar-refractivity contribution in [1.29, 1.82) is 0 Å². The zero-order valence-electron chi connectivity index (χ0n) is 7.62. The summed E-state index contributed by atoms with van der Waals surface area (Å²) >= 11 is 4.75. The van der Waals surface area contributed by atoms with Crippen LogP contribution in [0.5, 0.6) is 0 Å². The first-order valence-electron chi connectivity index (χ1n) is 4.16. The lowest BCUT2D eigenvalue weighted by atomic mass is 10.1. The van der Waals surface area contributed by atoms with E-state index in [1.807, 2.05) is 12.1 Å². The van der Waals surface area contributed by atoms with E-state index in [2.05, 4.69) is 39.4 Å². The molecule has 0 fully saturated rings. The van der Waals surface area contributed by atoms with Crippen LogP contribution in [0.2, 0.25) is 0 Å². The van der Waals surface area contributed by atoms with Gasteiger partial charge in [-0.1, -0.05) is 23.8 Å². The van der Waals surface area contributed by atoms with Crippen LogP contribution >= 0.6 is 27.5 Å². The maximum Gasteiger partial charge on any atom is 0.121 e. The van der Waals surface area contributed by atoms with E-state index in [1.165, 1.54) is 17.1 Å². The van der Waals surface area contributed by atoms with E-state index >= 15 is 0 Å². The number of anilines is 1. The van der Waals surface area contributed by atoms with Crippen molar-refractivity contribution in [2.75, 3.05) is 5.73 Å². The average Bonchev–Trinajstić information content (AvgIpc) is 2.48. The Bertz CT molecular complexity index is 465. The zero-order chi connectivity index (χ0) is 10.1. The highest BCUT2D eigenvalue weighted by Gasteiger charge is 2.10. The van der Waals surface area contributed by atoms with Crippen LogP contribution in [-0.2, 0) is 0 Å². The topological polar surface area (TPSA) is 38.9 Å². The van der Waals surface area contributed by atoms with Crippen LogP contribution < -0.4 is 5.73 Å². The molecule has 72 valence electrons. The fourth-order valence-corrected chi connectivity index (χ4v) is 2.48. The predicted molar refractivity (Wildman–Crippen MR) is 64.4 cm³/mol. The predicted octanol–water partition coefficient (Wildman–Crippen LogP) is 3.46. The number of halogens is 1. The second-order valence-corrected chi connectivity index (χ2v) is 4.68. The van der Waals surface area contributed by atoms with Crippen LogP contribution in [0.25, 0.3) is 11.3 Å². The number of aromatic nitrogens is 1. The number of benzene rings is 1. The highest BCUT2D eigenvalue weighted by atomic mass is 79.9. The molecule has 2 N–H and O–H groups in total. The Hall–Kier alpha value is -0.870. The van der Waals surface area contributed by atoms with Crippen LogP contribution in [0.4, 0.5) is 5.00 Å². The van der Waals surface area contributed by atoms with Gasteiger partial charge in [-0.05, 0) is 40.5 Å². The lowest BCUT2D eigenvalue weighted by molar-refractivity contribution is 1.43. The van der Waals surface area contributed by atoms with E-state index < -0.39 is 0 Å². The van der Waals surface area contributed by atoms with E-state index in [0.29, 0.717) is 0 Å². The molecular formula is C10H9BrN2S. The zero-order valence-corrected chi connectivity index (χ0v) is 10.0. The summed E-state index contributed by atoms with van der Waals surface area (Å²) < 4.78 is 5.19. The molecule has 0 saturated carbocycles. The Morgan fingerprint density at radius 3 is 2.79 bits per heavy atom. The fraction of sp³-hybridized carbons (Fsp3) is 0.100.